The van der Waals surface area contributed by atoms with Crippen LogP contribution in [0.5, 0.6) is 0 Å². The third-order valence-corrected chi connectivity index (χ3v) is 4.82. The third kappa shape index (κ3) is 5.75. The van der Waals surface area contributed by atoms with Gasteiger partial charge in [-0.25, -0.2) is 0 Å². The fraction of sp³-hybridized carbons (Fsp3) is 0.882. The Morgan fingerprint density at radius 2 is 1.58 bits per heavy atom. The highest BCUT2D eigenvalue weighted by Crippen LogP contribution is 2.14. The molecule has 6 nitrogen and oxygen atoms in total. The maximum Gasteiger partial charge on any atom is 0.239 e. The van der Waals surface area contributed by atoms with Gasteiger partial charge in [0.15, 0.2) is 5.96 Å². The summed E-state index contributed by atoms with van der Waals surface area (Å²) in [5.41, 5.74) is 0. The molecule has 2 aliphatic heterocycles. The van der Waals surface area contributed by atoms with Crippen molar-refractivity contribution in [3.63, 3.8) is 0 Å². The van der Waals surface area contributed by atoms with Gasteiger partial charge in [-0.1, -0.05) is 13.8 Å². The number of likely N-dealkylation sites (tertiary alicyclic amines) is 1. The molecule has 2 saturated heterocycles. The van der Waals surface area contributed by atoms with Crippen LogP contribution < -0.4 is 5.32 Å². The number of hydrogen-bond acceptors (Lipinski definition) is 3. The number of guanidine groups is 1. The minimum Gasteiger partial charge on any atom is -0.356 e. The van der Waals surface area contributed by atoms with E-state index in [-0.39, 0.29) is 30.0 Å². The predicted octanol–water partition coefficient (Wildman–Crippen LogP) is 1.46. The zero-order valence-electron chi connectivity index (χ0n) is 15.6. The summed E-state index contributed by atoms with van der Waals surface area (Å²) in [7, 11) is 1.84. The average molecular weight is 451 g/mol. The van der Waals surface area contributed by atoms with E-state index in [1.54, 1.807) is 0 Å². The molecule has 0 spiro atoms. The first-order valence-corrected chi connectivity index (χ1v) is 9.01. The van der Waals surface area contributed by atoms with Crippen molar-refractivity contribution < 1.29 is 4.79 Å². The second-order valence-electron chi connectivity index (χ2n) is 7.05. The molecule has 140 valence electrons. The molecule has 24 heavy (non-hydrogen) atoms. The molecule has 1 N–H and O–H groups in total. The van der Waals surface area contributed by atoms with Gasteiger partial charge in [-0.05, 0) is 25.7 Å². The molecule has 2 rings (SSSR count). The number of amides is 1. The first-order valence-electron chi connectivity index (χ1n) is 9.01. The third-order valence-electron chi connectivity index (χ3n) is 4.82. The van der Waals surface area contributed by atoms with Gasteiger partial charge in [0.05, 0.1) is 6.04 Å². The average Bonchev–Trinajstić information content (AvgIpc) is 3.09. The number of carbonyl (C=O) groups is 1. The molecule has 0 radical (unpaired) electrons. The van der Waals surface area contributed by atoms with Gasteiger partial charge in [0.1, 0.15) is 0 Å². The van der Waals surface area contributed by atoms with E-state index in [0.717, 1.165) is 64.6 Å². The monoisotopic (exact) mass is 451 g/mol. The Bertz CT molecular complexity index is 415. The molecule has 0 aromatic rings. The van der Waals surface area contributed by atoms with Crippen LogP contribution in [-0.4, -0.2) is 85.5 Å². The number of hydrogen-bond donors (Lipinski definition) is 1. The van der Waals surface area contributed by atoms with E-state index in [4.69, 9.17) is 0 Å². The molecule has 0 saturated carbocycles. The molecular formula is C17H34IN5O. The van der Waals surface area contributed by atoms with Gasteiger partial charge < -0.3 is 15.1 Å². The highest BCUT2D eigenvalue weighted by Gasteiger charge is 2.30. The number of nitrogens with zero attached hydrogens (tertiary/aromatic N) is 4. The lowest BCUT2D eigenvalue weighted by molar-refractivity contribution is -0.135. The second-order valence-corrected chi connectivity index (χ2v) is 7.05. The van der Waals surface area contributed by atoms with Crippen LogP contribution in [0.4, 0.5) is 0 Å². The van der Waals surface area contributed by atoms with Crippen molar-refractivity contribution in [1.29, 1.82) is 0 Å². The largest absolute Gasteiger partial charge is 0.356 e. The minimum absolute atomic E-state index is 0. The lowest BCUT2D eigenvalue weighted by atomic mass is 10.2. The van der Waals surface area contributed by atoms with Gasteiger partial charge in [0.2, 0.25) is 5.91 Å². The fourth-order valence-electron chi connectivity index (χ4n) is 3.31. The molecule has 0 bridgehead atoms. The molecular weight excluding hydrogens is 417 g/mol. The molecule has 1 atom stereocenters. The van der Waals surface area contributed by atoms with Crippen molar-refractivity contribution in [1.82, 2.24) is 20.0 Å². The lowest BCUT2D eigenvalue weighted by Crippen LogP contribution is -2.57. The maximum absolute atomic E-state index is 12.5. The van der Waals surface area contributed by atoms with Crippen LogP contribution in [0.3, 0.4) is 0 Å². The summed E-state index contributed by atoms with van der Waals surface area (Å²) in [5, 5.41) is 3.43. The molecule has 2 heterocycles. The Labute approximate surface area is 164 Å². The summed E-state index contributed by atoms with van der Waals surface area (Å²) >= 11 is 0. The molecule has 1 amide bonds. The highest BCUT2D eigenvalue weighted by atomic mass is 127. The van der Waals surface area contributed by atoms with Crippen molar-refractivity contribution in [2.75, 3.05) is 52.9 Å². The number of nitrogens with one attached hydrogen (secondary N) is 1. The van der Waals surface area contributed by atoms with Crippen LogP contribution in [0, 0.1) is 5.92 Å². The lowest BCUT2D eigenvalue weighted by Gasteiger charge is -2.39. The van der Waals surface area contributed by atoms with Crippen molar-refractivity contribution in [3.8, 4) is 0 Å². The fourth-order valence-corrected chi connectivity index (χ4v) is 3.31. The molecule has 0 aliphatic carbocycles. The van der Waals surface area contributed by atoms with Crippen molar-refractivity contribution in [2.24, 2.45) is 10.9 Å². The van der Waals surface area contributed by atoms with Crippen LogP contribution in [0.2, 0.25) is 0 Å². The molecule has 0 aromatic carbocycles. The first-order chi connectivity index (χ1) is 11.0. The van der Waals surface area contributed by atoms with Crippen molar-refractivity contribution >= 4 is 35.8 Å². The second kappa shape index (κ2) is 10.4. The summed E-state index contributed by atoms with van der Waals surface area (Å²) in [4.78, 5) is 23.6. The Hall–Kier alpha value is -0.570. The normalized spacial score (nSPS) is 21.0. The molecule has 0 aromatic heterocycles. The van der Waals surface area contributed by atoms with E-state index in [2.05, 4.69) is 40.9 Å². The number of aliphatic imine (C=N–C) groups is 1. The topological polar surface area (TPSA) is 51.2 Å². The molecule has 1 unspecified atom stereocenters. The molecule has 2 aliphatic rings. The number of rotatable bonds is 4. The van der Waals surface area contributed by atoms with Gasteiger partial charge in [-0.15, -0.1) is 24.0 Å². The first kappa shape index (κ1) is 21.5. The summed E-state index contributed by atoms with van der Waals surface area (Å²) in [6, 6.07) is 0.000823. The Kier molecular flexibility index (Phi) is 9.33. The Morgan fingerprint density at radius 1 is 1.00 bits per heavy atom. The number of halogens is 1. The minimum atomic E-state index is 0. The quantitative estimate of drug-likeness (QED) is 0.400. The van der Waals surface area contributed by atoms with Crippen LogP contribution in [0.1, 0.15) is 33.6 Å². The molecule has 7 heteroatoms. The number of piperazine rings is 1. The van der Waals surface area contributed by atoms with E-state index < -0.39 is 0 Å². The van der Waals surface area contributed by atoms with Gasteiger partial charge in [-0.2, -0.15) is 0 Å². The van der Waals surface area contributed by atoms with Crippen LogP contribution in [0.25, 0.3) is 0 Å². The van der Waals surface area contributed by atoms with E-state index >= 15 is 0 Å². The van der Waals surface area contributed by atoms with E-state index in [1.807, 2.05) is 11.9 Å². The van der Waals surface area contributed by atoms with E-state index in [1.165, 1.54) is 0 Å². The van der Waals surface area contributed by atoms with Gasteiger partial charge >= 0.3 is 0 Å². The Balaban J connectivity index is 0.00000288. The summed E-state index contributed by atoms with van der Waals surface area (Å²) in [6.07, 6.45) is 2.31. The van der Waals surface area contributed by atoms with Crippen LogP contribution in [-0.2, 0) is 4.79 Å². The summed E-state index contributed by atoms with van der Waals surface area (Å²) < 4.78 is 0. The number of carbonyl (C=O) groups excluding carboxylic acids is 1. The molecule has 2 fully saturated rings. The van der Waals surface area contributed by atoms with Crippen molar-refractivity contribution in [2.45, 2.75) is 39.7 Å². The van der Waals surface area contributed by atoms with E-state index in [0.29, 0.717) is 11.8 Å². The standard InChI is InChI=1S/C17H33N5O.HI/c1-14(2)13-19-17(18-4)22-11-9-20(10-12-22)15(3)16(23)21-7-5-6-8-21;/h14-15H,5-13H2,1-4H3,(H,18,19);1H. The van der Waals surface area contributed by atoms with Gasteiger partial charge in [0.25, 0.3) is 0 Å². The zero-order chi connectivity index (χ0) is 16.8. The highest BCUT2D eigenvalue weighted by molar-refractivity contribution is 14.0. The predicted molar refractivity (Wildman–Crippen MR) is 110 cm³/mol. The van der Waals surface area contributed by atoms with Gasteiger partial charge in [0, 0.05) is 52.9 Å². The SMILES string of the molecule is CN=C(NCC(C)C)N1CCN(C(C)C(=O)N2CCCC2)CC1.I. The Morgan fingerprint density at radius 3 is 2.08 bits per heavy atom. The summed E-state index contributed by atoms with van der Waals surface area (Å²) in [5.74, 6) is 1.89. The van der Waals surface area contributed by atoms with E-state index in [9.17, 15) is 4.79 Å². The van der Waals surface area contributed by atoms with Crippen LogP contribution in [0.15, 0.2) is 4.99 Å². The summed E-state index contributed by atoms with van der Waals surface area (Å²) in [6.45, 7) is 13.0. The van der Waals surface area contributed by atoms with Gasteiger partial charge in [-0.3, -0.25) is 14.7 Å². The maximum atomic E-state index is 12.5. The van der Waals surface area contributed by atoms with Crippen LogP contribution >= 0.6 is 24.0 Å². The smallest absolute Gasteiger partial charge is 0.239 e. The zero-order valence-corrected chi connectivity index (χ0v) is 18.0. The van der Waals surface area contributed by atoms with Crippen molar-refractivity contribution in [3.05, 3.63) is 0 Å².